The van der Waals surface area contributed by atoms with Gasteiger partial charge < -0.3 is 15.8 Å². The molecule has 1 aromatic heterocycles. The van der Waals surface area contributed by atoms with E-state index < -0.39 is 0 Å². The molecule has 0 bridgehead atoms. The molecule has 1 aliphatic heterocycles. The van der Waals surface area contributed by atoms with Crippen LogP contribution in [-0.2, 0) is 17.8 Å². The Bertz CT molecular complexity index is 309. The first-order valence-electron chi connectivity index (χ1n) is 4.22. The predicted octanol–water partition coefficient (Wildman–Crippen LogP) is 0.173. The minimum absolute atomic E-state index is 0.300. The van der Waals surface area contributed by atoms with Crippen molar-refractivity contribution in [1.82, 2.24) is 9.97 Å². The second-order valence-electron chi connectivity index (χ2n) is 2.91. The fourth-order valence-electron chi connectivity index (χ4n) is 1.48. The number of nitrogen functional groups attached to an aromatic ring is 1. The maximum atomic E-state index is 5.54. The highest BCUT2D eigenvalue weighted by molar-refractivity contribution is 5.49. The Hall–Kier alpha value is -1.36. The second kappa shape index (κ2) is 3.18. The van der Waals surface area contributed by atoms with Gasteiger partial charge in [-0.25, -0.2) is 4.98 Å². The molecule has 2 heterocycles. The lowest BCUT2D eigenvalue weighted by molar-refractivity contribution is 0.107. The number of hydrogen-bond acceptors (Lipinski definition) is 5. The molecule has 70 valence electrons. The molecule has 3 N–H and O–H groups in total. The van der Waals surface area contributed by atoms with Crippen LogP contribution in [0.2, 0.25) is 0 Å². The molecule has 0 atom stereocenters. The van der Waals surface area contributed by atoms with Crippen LogP contribution < -0.4 is 11.1 Å². The van der Waals surface area contributed by atoms with Crippen molar-refractivity contribution in [2.24, 2.45) is 0 Å². The zero-order valence-electron chi connectivity index (χ0n) is 7.50. The minimum Gasteiger partial charge on any atom is -0.375 e. The molecule has 0 spiro atoms. The Labute approximate surface area is 76.3 Å². The molecule has 0 aromatic carbocycles. The van der Waals surface area contributed by atoms with Crippen molar-refractivity contribution in [3.05, 3.63) is 11.3 Å². The van der Waals surface area contributed by atoms with Gasteiger partial charge >= 0.3 is 0 Å². The van der Waals surface area contributed by atoms with E-state index in [1.807, 2.05) is 7.05 Å². The van der Waals surface area contributed by atoms with Crippen molar-refractivity contribution < 1.29 is 4.74 Å². The number of ether oxygens (including phenoxy) is 1. The molecule has 0 amide bonds. The van der Waals surface area contributed by atoms with Gasteiger partial charge in [0.25, 0.3) is 0 Å². The van der Waals surface area contributed by atoms with E-state index in [-0.39, 0.29) is 0 Å². The number of nitrogens with two attached hydrogens (primary N) is 1. The third kappa shape index (κ3) is 1.42. The molecular weight excluding hydrogens is 168 g/mol. The van der Waals surface area contributed by atoms with E-state index in [1.165, 1.54) is 0 Å². The fraction of sp³-hybridized carbons (Fsp3) is 0.500. The van der Waals surface area contributed by atoms with E-state index in [0.29, 0.717) is 12.6 Å². The molecule has 0 saturated heterocycles. The normalized spacial score (nSPS) is 15.2. The summed E-state index contributed by atoms with van der Waals surface area (Å²) < 4.78 is 5.28. The summed E-state index contributed by atoms with van der Waals surface area (Å²) in [5, 5.41) is 3.01. The predicted molar refractivity (Wildman–Crippen MR) is 49.4 cm³/mol. The van der Waals surface area contributed by atoms with Crippen LogP contribution >= 0.6 is 0 Å². The van der Waals surface area contributed by atoms with Crippen LogP contribution in [0.25, 0.3) is 0 Å². The van der Waals surface area contributed by atoms with Crippen LogP contribution in [0.1, 0.15) is 11.3 Å². The van der Waals surface area contributed by atoms with Crippen molar-refractivity contribution in [2.75, 3.05) is 24.7 Å². The summed E-state index contributed by atoms with van der Waals surface area (Å²) in [6, 6.07) is 0. The number of anilines is 2. The molecule has 0 radical (unpaired) electrons. The van der Waals surface area contributed by atoms with Gasteiger partial charge in [0, 0.05) is 19.0 Å². The lowest BCUT2D eigenvalue weighted by Gasteiger charge is -2.18. The summed E-state index contributed by atoms with van der Waals surface area (Å²) in [5.41, 5.74) is 7.57. The Morgan fingerprint density at radius 3 is 3.08 bits per heavy atom. The topological polar surface area (TPSA) is 73.1 Å². The van der Waals surface area contributed by atoms with Gasteiger partial charge in [-0.2, -0.15) is 4.98 Å². The summed E-state index contributed by atoms with van der Waals surface area (Å²) >= 11 is 0. The van der Waals surface area contributed by atoms with E-state index in [1.54, 1.807) is 0 Å². The minimum atomic E-state index is 0.300. The van der Waals surface area contributed by atoms with Gasteiger partial charge in [-0.1, -0.05) is 0 Å². The van der Waals surface area contributed by atoms with Crippen LogP contribution in [0.3, 0.4) is 0 Å². The van der Waals surface area contributed by atoms with Crippen molar-refractivity contribution in [2.45, 2.75) is 13.0 Å². The highest BCUT2D eigenvalue weighted by atomic mass is 16.5. The molecule has 5 heteroatoms. The number of fused-ring (bicyclic) bond motifs is 1. The monoisotopic (exact) mass is 180 g/mol. The number of aromatic nitrogens is 2. The highest BCUT2D eigenvalue weighted by Crippen LogP contribution is 2.21. The van der Waals surface area contributed by atoms with Gasteiger partial charge in [-0.15, -0.1) is 0 Å². The van der Waals surface area contributed by atoms with Crippen LogP contribution in [0.5, 0.6) is 0 Å². The second-order valence-corrected chi connectivity index (χ2v) is 2.91. The van der Waals surface area contributed by atoms with Gasteiger partial charge in [0.1, 0.15) is 5.82 Å². The zero-order valence-corrected chi connectivity index (χ0v) is 7.50. The number of hydrogen-bond donors (Lipinski definition) is 2. The summed E-state index contributed by atoms with van der Waals surface area (Å²) in [7, 11) is 1.83. The van der Waals surface area contributed by atoms with Gasteiger partial charge in [0.15, 0.2) is 0 Å². The Morgan fingerprint density at radius 1 is 1.46 bits per heavy atom. The van der Waals surface area contributed by atoms with E-state index >= 15 is 0 Å². The van der Waals surface area contributed by atoms with Crippen molar-refractivity contribution in [3.8, 4) is 0 Å². The molecule has 0 saturated carbocycles. The third-order valence-electron chi connectivity index (χ3n) is 2.08. The third-order valence-corrected chi connectivity index (χ3v) is 2.08. The van der Waals surface area contributed by atoms with E-state index in [0.717, 1.165) is 30.1 Å². The van der Waals surface area contributed by atoms with Crippen molar-refractivity contribution in [1.29, 1.82) is 0 Å². The van der Waals surface area contributed by atoms with E-state index in [9.17, 15) is 0 Å². The molecule has 0 aliphatic carbocycles. The van der Waals surface area contributed by atoms with Crippen LogP contribution in [0, 0.1) is 0 Å². The smallest absolute Gasteiger partial charge is 0.222 e. The quantitative estimate of drug-likeness (QED) is 0.644. The number of nitrogens with one attached hydrogen (secondary N) is 1. The first kappa shape index (κ1) is 8.25. The average molecular weight is 180 g/mol. The number of rotatable bonds is 1. The van der Waals surface area contributed by atoms with Crippen LogP contribution in [-0.4, -0.2) is 23.6 Å². The summed E-state index contributed by atoms with van der Waals surface area (Å²) in [4.78, 5) is 8.23. The van der Waals surface area contributed by atoms with Gasteiger partial charge in [-0.05, 0) is 0 Å². The lowest BCUT2D eigenvalue weighted by Crippen LogP contribution is -2.16. The molecular formula is C8H12N4O. The lowest BCUT2D eigenvalue weighted by atomic mass is 10.1. The highest BCUT2D eigenvalue weighted by Gasteiger charge is 2.16. The SMILES string of the molecule is CNc1nc(N)nc2c1CCOC2. The average Bonchev–Trinajstić information content (AvgIpc) is 2.16. The van der Waals surface area contributed by atoms with Gasteiger partial charge in [0.2, 0.25) is 5.95 Å². The van der Waals surface area contributed by atoms with Gasteiger partial charge in [-0.3, -0.25) is 0 Å². The van der Waals surface area contributed by atoms with Crippen LogP contribution in [0.4, 0.5) is 11.8 Å². The van der Waals surface area contributed by atoms with Crippen molar-refractivity contribution >= 4 is 11.8 Å². The zero-order chi connectivity index (χ0) is 9.26. The molecule has 0 unspecified atom stereocenters. The molecule has 1 aliphatic rings. The Balaban J connectivity index is 2.50. The summed E-state index contributed by atoms with van der Waals surface area (Å²) in [5.74, 6) is 1.12. The standard InChI is InChI=1S/C8H12N4O/c1-10-7-5-2-3-13-4-6(5)11-8(9)12-7/h2-4H2,1H3,(H3,9,10,11,12). The Kier molecular flexibility index (Phi) is 2.02. The van der Waals surface area contributed by atoms with Crippen molar-refractivity contribution in [3.63, 3.8) is 0 Å². The molecule has 5 nitrogen and oxygen atoms in total. The van der Waals surface area contributed by atoms with E-state index in [4.69, 9.17) is 10.5 Å². The molecule has 2 rings (SSSR count). The number of nitrogens with zero attached hydrogens (tertiary/aromatic N) is 2. The summed E-state index contributed by atoms with van der Waals surface area (Å²) in [6.45, 7) is 1.27. The van der Waals surface area contributed by atoms with E-state index in [2.05, 4.69) is 15.3 Å². The maximum absolute atomic E-state index is 5.54. The first-order valence-corrected chi connectivity index (χ1v) is 4.22. The largest absolute Gasteiger partial charge is 0.375 e. The van der Waals surface area contributed by atoms with Crippen LogP contribution in [0.15, 0.2) is 0 Å². The molecule has 13 heavy (non-hydrogen) atoms. The van der Waals surface area contributed by atoms with Gasteiger partial charge in [0.05, 0.1) is 18.9 Å². The fourth-order valence-corrected chi connectivity index (χ4v) is 1.48. The first-order chi connectivity index (χ1) is 6.31. The maximum Gasteiger partial charge on any atom is 0.222 e. The summed E-state index contributed by atoms with van der Waals surface area (Å²) in [6.07, 6.45) is 0.853. The molecule has 0 fully saturated rings. The Morgan fingerprint density at radius 2 is 2.31 bits per heavy atom. The molecule has 1 aromatic rings.